The normalized spacial score (nSPS) is 23.5. The third-order valence-electron chi connectivity index (χ3n) is 6.57. The molecule has 7 nitrogen and oxygen atoms in total. The van der Waals surface area contributed by atoms with Crippen LogP contribution in [0.25, 0.3) is 17.0 Å². The molecule has 7 heteroatoms. The molecule has 0 amide bonds. The minimum Gasteiger partial charge on any atom is -0.373 e. The van der Waals surface area contributed by atoms with Gasteiger partial charge in [0.15, 0.2) is 11.5 Å². The van der Waals surface area contributed by atoms with Crippen molar-refractivity contribution in [3.05, 3.63) is 42.5 Å². The molecule has 0 spiro atoms. The number of piperidine rings is 1. The van der Waals surface area contributed by atoms with E-state index >= 15 is 0 Å². The summed E-state index contributed by atoms with van der Waals surface area (Å²) in [6.07, 6.45) is 4.44. The van der Waals surface area contributed by atoms with Crippen molar-refractivity contribution in [1.82, 2.24) is 24.7 Å². The Morgan fingerprint density at radius 1 is 0.935 bits per heavy atom. The van der Waals surface area contributed by atoms with E-state index in [0.717, 1.165) is 54.9 Å². The number of hydrogen-bond donors (Lipinski definition) is 0. The average Bonchev–Trinajstić information content (AvgIpc) is 3.21. The number of morpholine rings is 1. The largest absolute Gasteiger partial charge is 0.373 e. The summed E-state index contributed by atoms with van der Waals surface area (Å²) in [6.45, 7) is 9.80. The van der Waals surface area contributed by atoms with E-state index in [-0.39, 0.29) is 0 Å². The van der Waals surface area contributed by atoms with Gasteiger partial charge in [0.1, 0.15) is 5.82 Å². The molecule has 2 aliphatic heterocycles. The molecule has 2 aromatic heterocycles. The summed E-state index contributed by atoms with van der Waals surface area (Å²) in [5.74, 6) is 2.60. The molecule has 2 saturated heterocycles. The molecular weight excluding hydrogens is 388 g/mol. The molecule has 3 aromatic rings. The van der Waals surface area contributed by atoms with Gasteiger partial charge in [0.05, 0.1) is 12.2 Å². The Kier molecular flexibility index (Phi) is 5.87. The predicted octanol–water partition coefficient (Wildman–Crippen LogP) is 3.51. The lowest BCUT2D eigenvalue weighted by molar-refractivity contribution is -0.0690. The van der Waals surface area contributed by atoms with E-state index in [9.17, 15) is 0 Å². The Balaban J connectivity index is 1.20. The van der Waals surface area contributed by atoms with Gasteiger partial charge in [-0.15, -0.1) is 15.3 Å². The zero-order valence-electron chi connectivity index (χ0n) is 18.5. The lowest BCUT2D eigenvalue weighted by Crippen LogP contribution is -2.46. The maximum absolute atomic E-state index is 5.87. The van der Waals surface area contributed by atoms with Gasteiger partial charge in [-0.2, -0.15) is 4.52 Å². The van der Waals surface area contributed by atoms with Crippen molar-refractivity contribution in [2.45, 2.75) is 45.3 Å². The summed E-state index contributed by atoms with van der Waals surface area (Å²) in [4.78, 5) is 4.99. The van der Waals surface area contributed by atoms with Crippen LogP contribution in [0.2, 0.25) is 0 Å². The van der Waals surface area contributed by atoms with Gasteiger partial charge in [-0.25, -0.2) is 0 Å². The molecular formula is C24H32N6O. The number of nitrogens with zero attached hydrogens (tertiary/aromatic N) is 6. The monoisotopic (exact) mass is 420 g/mol. The molecule has 0 aliphatic carbocycles. The standard InChI is InChI=1S/C24H32N6O/c1-18-16-28(17-19(2)31-18)13-10-20-11-14-29(15-12-20)23-9-8-22-25-26-24(30(22)27-23)21-6-4-3-5-7-21/h3-9,18-20H,10-17H2,1-2H3. The lowest BCUT2D eigenvalue weighted by atomic mass is 9.93. The first-order chi connectivity index (χ1) is 15.2. The number of benzene rings is 1. The van der Waals surface area contributed by atoms with Crippen LogP contribution in [0, 0.1) is 5.92 Å². The van der Waals surface area contributed by atoms with Crippen molar-refractivity contribution < 1.29 is 4.74 Å². The van der Waals surface area contributed by atoms with Gasteiger partial charge in [0.25, 0.3) is 0 Å². The fourth-order valence-electron chi connectivity index (χ4n) is 5.00. The molecule has 2 aliphatic rings. The molecule has 0 bridgehead atoms. The van der Waals surface area contributed by atoms with Crippen LogP contribution in [0.3, 0.4) is 0 Å². The van der Waals surface area contributed by atoms with Crippen LogP contribution in [0.1, 0.15) is 33.1 Å². The van der Waals surface area contributed by atoms with Gasteiger partial charge in [0, 0.05) is 31.7 Å². The van der Waals surface area contributed by atoms with Crippen molar-refractivity contribution in [3.63, 3.8) is 0 Å². The highest BCUT2D eigenvalue weighted by Gasteiger charge is 2.25. The summed E-state index contributed by atoms with van der Waals surface area (Å²) in [5, 5.41) is 13.5. The Labute approximate surface area is 184 Å². The quantitative estimate of drug-likeness (QED) is 0.630. The summed E-state index contributed by atoms with van der Waals surface area (Å²) >= 11 is 0. The van der Waals surface area contributed by atoms with E-state index in [1.807, 2.05) is 40.9 Å². The Morgan fingerprint density at radius 2 is 1.68 bits per heavy atom. The molecule has 31 heavy (non-hydrogen) atoms. The Bertz CT molecular complexity index is 988. The first-order valence-electron chi connectivity index (χ1n) is 11.6. The number of hydrogen-bond acceptors (Lipinski definition) is 6. The van der Waals surface area contributed by atoms with Crippen LogP contribution in [0.5, 0.6) is 0 Å². The Hall–Kier alpha value is -2.51. The molecule has 5 rings (SSSR count). The lowest BCUT2D eigenvalue weighted by Gasteiger charge is -2.37. The SMILES string of the molecule is CC1CN(CCC2CCN(c3ccc4nnc(-c5ccccc5)n4n3)CC2)CC(C)O1. The zero-order valence-corrected chi connectivity index (χ0v) is 18.5. The van der Waals surface area contributed by atoms with E-state index < -0.39 is 0 Å². The second-order valence-corrected chi connectivity index (χ2v) is 9.09. The molecule has 164 valence electrons. The van der Waals surface area contributed by atoms with Crippen LogP contribution in [0.4, 0.5) is 5.82 Å². The van der Waals surface area contributed by atoms with Gasteiger partial charge in [0.2, 0.25) is 0 Å². The maximum atomic E-state index is 5.87. The smallest absolute Gasteiger partial charge is 0.185 e. The predicted molar refractivity (Wildman–Crippen MR) is 122 cm³/mol. The van der Waals surface area contributed by atoms with Gasteiger partial charge in [-0.05, 0) is 57.7 Å². The van der Waals surface area contributed by atoms with Crippen LogP contribution in [0.15, 0.2) is 42.5 Å². The second-order valence-electron chi connectivity index (χ2n) is 9.09. The van der Waals surface area contributed by atoms with Crippen LogP contribution in [-0.4, -0.2) is 69.6 Å². The van der Waals surface area contributed by atoms with Crippen LogP contribution >= 0.6 is 0 Å². The van der Waals surface area contributed by atoms with Crippen LogP contribution in [-0.2, 0) is 4.74 Å². The number of aromatic nitrogens is 4. The first-order valence-corrected chi connectivity index (χ1v) is 11.6. The highest BCUT2D eigenvalue weighted by atomic mass is 16.5. The highest BCUT2D eigenvalue weighted by Crippen LogP contribution is 2.26. The summed E-state index contributed by atoms with van der Waals surface area (Å²) in [6, 6.07) is 14.2. The third kappa shape index (κ3) is 4.57. The topological polar surface area (TPSA) is 58.8 Å². The zero-order chi connectivity index (χ0) is 21.2. The number of anilines is 1. The minimum atomic E-state index is 0.352. The fraction of sp³-hybridized carbons (Fsp3) is 0.542. The van der Waals surface area contributed by atoms with Crippen molar-refractivity contribution >= 4 is 11.5 Å². The molecule has 0 saturated carbocycles. The van der Waals surface area contributed by atoms with Gasteiger partial charge >= 0.3 is 0 Å². The summed E-state index contributed by atoms with van der Waals surface area (Å²) in [7, 11) is 0. The third-order valence-corrected chi connectivity index (χ3v) is 6.57. The average molecular weight is 421 g/mol. The van der Waals surface area contributed by atoms with Crippen molar-refractivity contribution in [2.24, 2.45) is 5.92 Å². The van der Waals surface area contributed by atoms with E-state index in [4.69, 9.17) is 9.84 Å². The van der Waals surface area contributed by atoms with Crippen LogP contribution < -0.4 is 4.90 Å². The molecule has 2 atom stereocenters. The van der Waals surface area contributed by atoms with Crippen molar-refractivity contribution in [3.8, 4) is 11.4 Å². The van der Waals surface area contributed by atoms with Gasteiger partial charge < -0.3 is 9.64 Å². The minimum absolute atomic E-state index is 0.352. The highest BCUT2D eigenvalue weighted by molar-refractivity contribution is 5.59. The first kappa shape index (κ1) is 20.4. The molecule has 2 unspecified atom stereocenters. The summed E-state index contributed by atoms with van der Waals surface area (Å²) < 4.78 is 7.74. The Morgan fingerprint density at radius 3 is 2.42 bits per heavy atom. The van der Waals surface area contributed by atoms with E-state index in [0.29, 0.717) is 12.2 Å². The number of rotatable bonds is 5. The van der Waals surface area contributed by atoms with Crippen molar-refractivity contribution in [2.75, 3.05) is 37.6 Å². The molecule has 2 fully saturated rings. The van der Waals surface area contributed by atoms with Gasteiger partial charge in [-0.3, -0.25) is 4.90 Å². The van der Waals surface area contributed by atoms with E-state index in [1.54, 1.807) is 0 Å². The maximum Gasteiger partial charge on any atom is 0.185 e. The van der Waals surface area contributed by atoms with E-state index in [1.165, 1.54) is 25.8 Å². The molecule has 4 heterocycles. The molecule has 1 aromatic carbocycles. The summed E-state index contributed by atoms with van der Waals surface area (Å²) in [5.41, 5.74) is 1.82. The number of fused-ring (bicyclic) bond motifs is 1. The van der Waals surface area contributed by atoms with Gasteiger partial charge in [-0.1, -0.05) is 30.3 Å². The van der Waals surface area contributed by atoms with E-state index in [2.05, 4.69) is 39.9 Å². The van der Waals surface area contributed by atoms with Crippen molar-refractivity contribution in [1.29, 1.82) is 0 Å². The number of ether oxygens (including phenoxy) is 1. The molecule has 0 radical (unpaired) electrons. The second kappa shape index (κ2) is 8.93. The molecule has 0 N–H and O–H groups in total. The fourth-order valence-corrected chi connectivity index (χ4v) is 5.00.